The summed E-state index contributed by atoms with van der Waals surface area (Å²) in [5, 5.41) is 0.357. The third kappa shape index (κ3) is 4.53. The summed E-state index contributed by atoms with van der Waals surface area (Å²) in [6.45, 7) is 5.31. The van der Waals surface area contributed by atoms with Crippen LogP contribution in [-0.2, 0) is 19.9 Å². The number of anilines is 2. The van der Waals surface area contributed by atoms with Gasteiger partial charge in [-0.1, -0.05) is 29.3 Å². The third-order valence-electron chi connectivity index (χ3n) is 7.54. The average Bonchev–Trinajstić information content (AvgIpc) is 3.47. The van der Waals surface area contributed by atoms with E-state index >= 15 is 0 Å². The molecule has 1 aromatic carbocycles. The van der Waals surface area contributed by atoms with Crippen molar-refractivity contribution in [3.8, 4) is 0 Å². The van der Waals surface area contributed by atoms with Gasteiger partial charge in [0.25, 0.3) is 10.0 Å². The molecule has 0 atom stereocenters. The minimum atomic E-state index is -4.15. The van der Waals surface area contributed by atoms with E-state index < -0.39 is 25.1 Å². The van der Waals surface area contributed by atoms with Gasteiger partial charge in [0, 0.05) is 37.6 Å². The number of nitrogens with zero attached hydrogens (tertiary/aromatic N) is 4. The van der Waals surface area contributed by atoms with Gasteiger partial charge in [0.2, 0.25) is 0 Å². The lowest BCUT2D eigenvalue weighted by Gasteiger charge is -2.46. The van der Waals surface area contributed by atoms with Crippen LogP contribution < -0.4 is 14.7 Å². The second-order valence-corrected chi connectivity index (χ2v) is 17.0. The number of hydrazine groups is 1. The molecule has 0 unspecified atom stereocenters. The number of hydrogen-bond acceptors (Lipinski definition) is 9. The van der Waals surface area contributed by atoms with Crippen LogP contribution in [-0.4, -0.2) is 57.1 Å². The Bertz CT molecular complexity index is 1720. The molecule has 0 radical (unpaired) electrons. The summed E-state index contributed by atoms with van der Waals surface area (Å²) in [5.74, 6) is 0.872. The molecule has 1 N–H and O–H groups in total. The van der Waals surface area contributed by atoms with Crippen LogP contribution in [0.5, 0.6) is 0 Å². The highest BCUT2D eigenvalue weighted by Gasteiger charge is 2.53. The number of sulfonamides is 1. The number of aromatic nitrogens is 1. The minimum Gasteiger partial charge on any atom is -0.360 e. The molecule has 2 aromatic heterocycles. The third-order valence-corrected chi connectivity index (χ3v) is 13.9. The lowest BCUT2D eigenvalue weighted by Crippen LogP contribution is -2.55. The van der Waals surface area contributed by atoms with Gasteiger partial charge in [-0.25, -0.2) is 13.4 Å². The molecule has 1 saturated heterocycles. The number of pyridine rings is 1. The summed E-state index contributed by atoms with van der Waals surface area (Å²) in [6, 6.07) is 11.6. The SMILES string of the molecule is CC(C)S(=O)(=O)c1ccc(S(=O)(=O)N2NC=C(N3CCN(c4ccc(Cl)cn4)CC34CC4)c3c(Cl)cccc32)s1. The predicted molar refractivity (Wildman–Crippen MR) is 159 cm³/mol. The van der Waals surface area contributed by atoms with E-state index in [-0.39, 0.29) is 14.0 Å². The van der Waals surface area contributed by atoms with Crippen molar-refractivity contribution in [1.82, 2.24) is 15.3 Å². The smallest absolute Gasteiger partial charge is 0.291 e. The maximum absolute atomic E-state index is 13.8. The van der Waals surface area contributed by atoms with Crippen LogP contribution in [0.15, 0.2) is 63.3 Å². The first kappa shape index (κ1) is 27.6. The van der Waals surface area contributed by atoms with Gasteiger partial charge in [-0.05, 0) is 63.1 Å². The molecule has 3 aromatic rings. The topological polar surface area (TPSA) is 103 Å². The standard InChI is InChI=1S/C26H27Cl2N5O4S3/c1-17(2)39(34,35)23-8-9-24(38-23)40(36,37)33-20-5-3-4-19(28)25(20)21(15-30-33)32-13-12-31(16-26(32)10-11-26)22-7-6-18(27)14-29-22/h3-9,14-15,17,30H,10-13,16H2,1-2H3. The van der Waals surface area contributed by atoms with E-state index in [0.29, 0.717) is 27.8 Å². The van der Waals surface area contributed by atoms with E-state index in [0.717, 1.165) is 53.2 Å². The average molecular weight is 641 g/mol. The molecule has 1 saturated carbocycles. The molecule has 1 aliphatic carbocycles. The Morgan fingerprint density at radius 1 is 1.00 bits per heavy atom. The fourth-order valence-electron chi connectivity index (χ4n) is 5.20. The molecule has 2 aliphatic heterocycles. The summed E-state index contributed by atoms with van der Waals surface area (Å²) >= 11 is 13.5. The number of sulfone groups is 1. The van der Waals surface area contributed by atoms with Gasteiger partial charge in [-0.3, -0.25) is 5.43 Å². The van der Waals surface area contributed by atoms with Crippen molar-refractivity contribution in [2.45, 2.75) is 45.9 Å². The predicted octanol–water partition coefficient (Wildman–Crippen LogP) is 5.00. The second kappa shape index (κ2) is 9.80. The molecule has 6 rings (SSSR count). The van der Waals surface area contributed by atoms with Gasteiger partial charge in [0.15, 0.2) is 9.84 Å². The van der Waals surface area contributed by atoms with Gasteiger partial charge >= 0.3 is 0 Å². The normalized spacial score (nSPS) is 18.5. The van der Waals surface area contributed by atoms with Crippen molar-refractivity contribution in [3.05, 3.63) is 70.5 Å². The van der Waals surface area contributed by atoms with Gasteiger partial charge in [0.05, 0.1) is 32.2 Å². The Kier molecular flexibility index (Phi) is 6.77. The quantitative estimate of drug-likeness (QED) is 0.402. The summed E-state index contributed by atoms with van der Waals surface area (Å²) < 4.78 is 53.9. The summed E-state index contributed by atoms with van der Waals surface area (Å²) in [4.78, 5) is 9.06. The van der Waals surface area contributed by atoms with Gasteiger partial charge in [0.1, 0.15) is 14.2 Å². The molecular weight excluding hydrogens is 613 g/mol. The van der Waals surface area contributed by atoms with E-state index in [9.17, 15) is 16.8 Å². The lowest BCUT2D eigenvalue weighted by atomic mass is 10.0. The molecule has 2 fully saturated rings. The Morgan fingerprint density at radius 2 is 1.75 bits per heavy atom. The van der Waals surface area contributed by atoms with E-state index in [4.69, 9.17) is 23.2 Å². The van der Waals surface area contributed by atoms with E-state index in [1.165, 1.54) is 12.1 Å². The molecule has 0 amide bonds. The van der Waals surface area contributed by atoms with Crippen LogP contribution in [0.1, 0.15) is 32.3 Å². The second-order valence-electron chi connectivity index (χ2n) is 10.4. The number of piperazine rings is 1. The first-order chi connectivity index (χ1) is 18.9. The van der Waals surface area contributed by atoms with Gasteiger partial charge < -0.3 is 9.80 Å². The van der Waals surface area contributed by atoms with Crippen LogP contribution in [0, 0.1) is 0 Å². The van der Waals surface area contributed by atoms with Crippen molar-refractivity contribution in [2.24, 2.45) is 0 Å². The highest BCUT2D eigenvalue weighted by molar-refractivity contribution is 7.96. The van der Waals surface area contributed by atoms with E-state index in [2.05, 4.69) is 20.2 Å². The molecule has 4 heterocycles. The molecule has 212 valence electrons. The highest BCUT2D eigenvalue weighted by atomic mass is 35.5. The molecular formula is C26H27Cl2N5O4S3. The largest absolute Gasteiger partial charge is 0.360 e. The first-order valence-corrected chi connectivity index (χ1v) is 17.3. The van der Waals surface area contributed by atoms with Crippen molar-refractivity contribution in [2.75, 3.05) is 28.9 Å². The Morgan fingerprint density at radius 3 is 2.42 bits per heavy atom. The maximum Gasteiger partial charge on any atom is 0.291 e. The number of thiophene rings is 1. The fraction of sp³-hybridized carbons (Fsp3) is 0.346. The summed E-state index contributed by atoms with van der Waals surface area (Å²) in [7, 11) is -7.76. The monoisotopic (exact) mass is 639 g/mol. The molecule has 3 aliphatic rings. The first-order valence-electron chi connectivity index (χ1n) is 12.7. The molecule has 1 spiro atoms. The molecule has 40 heavy (non-hydrogen) atoms. The zero-order valence-corrected chi connectivity index (χ0v) is 25.7. The number of hydrogen-bond donors (Lipinski definition) is 1. The Labute approximate surface area is 248 Å². The number of benzene rings is 1. The fourth-order valence-corrected chi connectivity index (χ4v) is 10.2. The van der Waals surface area contributed by atoms with Crippen molar-refractivity contribution < 1.29 is 16.8 Å². The van der Waals surface area contributed by atoms with Crippen molar-refractivity contribution in [1.29, 1.82) is 0 Å². The van der Waals surface area contributed by atoms with E-state index in [1.807, 2.05) is 12.1 Å². The Hall–Kier alpha value is -2.51. The lowest BCUT2D eigenvalue weighted by molar-refractivity contribution is 0.242. The van der Waals surface area contributed by atoms with Crippen LogP contribution in [0.4, 0.5) is 11.5 Å². The zero-order valence-electron chi connectivity index (χ0n) is 21.7. The maximum atomic E-state index is 13.8. The zero-order chi connectivity index (χ0) is 28.4. The van der Waals surface area contributed by atoms with Crippen LogP contribution in [0.3, 0.4) is 0 Å². The van der Waals surface area contributed by atoms with E-state index in [1.54, 1.807) is 44.4 Å². The molecule has 14 heteroatoms. The summed E-state index contributed by atoms with van der Waals surface area (Å²) in [6.07, 6.45) is 5.30. The van der Waals surface area contributed by atoms with Crippen LogP contribution >= 0.6 is 34.5 Å². The van der Waals surface area contributed by atoms with Crippen molar-refractivity contribution >= 4 is 71.6 Å². The molecule has 9 nitrogen and oxygen atoms in total. The molecule has 0 bridgehead atoms. The van der Waals surface area contributed by atoms with Crippen molar-refractivity contribution in [3.63, 3.8) is 0 Å². The number of halogens is 2. The van der Waals surface area contributed by atoms with Crippen LogP contribution in [0.2, 0.25) is 10.0 Å². The van der Waals surface area contributed by atoms with Crippen LogP contribution in [0.25, 0.3) is 5.70 Å². The number of fused-ring (bicyclic) bond motifs is 1. The number of nitrogens with one attached hydrogen (secondary N) is 1. The van der Waals surface area contributed by atoms with Gasteiger partial charge in [-0.2, -0.15) is 12.8 Å². The highest BCUT2D eigenvalue weighted by Crippen LogP contribution is 2.51. The Balaban J connectivity index is 1.33. The minimum absolute atomic E-state index is 0.0179. The number of rotatable bonds is 6. The summed E-state index contributed by atoms with van der Waals surface area (Å²) in [5.41, 5.74) is 4.66. The van der Waals surface area contributed by atoms with Gasteiger partial charge in [-0.15, -0.1) is 11.3 Å².